The minimum Gasteiger partial charge on any atom is -0.271 e. The molecular weight excluding hydrogens is 265 g/mol. The molecule has 102 valence electrons. The van der Waals surface area contributed by atoms with Crippen LogP contribution in [0.3, 0.4) is 0 Å². The Balaban J connectivity index is 1.89. The van der Waals surface area contributed by atoms with Gasteiger partial charge in [0, 0.05) is 36.4 Å². The number of hydrogen-bond acceptors (Lipinski definition) is 5. The Morgan fingerprint density at radius 3 is 3.00 bits per heavy atom. The molecule has 2 rings (SSSR count). The van der Waals surface area contributed by atoms with Gasteiger partial charge in [-0.15, -0.1) is 16.9 Å². The summed E-state index contributed by atoms with van der Waals surface area (Å²) < 4.78 is 14.7. The maximum absolute atomic E-state index is 13.0. The molecule has 0 saturated heterocycles. The van der Waals surface area contributed by atoms with Crippen molar-refractivity contribution in [1.29, 1.82) is 0 Å². The molecule has 0 bridgehead atoms. The lowest BCUT2D eigenvalue weighted by Gasteiger charge is -2.13. The van der Waals surface area contributed by atoms with Crippen molar-refractivity contribution in [2.24, 2.45) is 12.9 Å². The highest BCUT2D eigenvalue weighted by molar-refractivity contribution is 7.99. The van der Waals surface area contributed by atoms with E-state index in [1.54, 1.807) is 22.5 Å². The Bertz CT molecular complexity index is 530. The third-order valence-electron chi connectivity index (χ3n) is 2.59. The van der Waals surface area contributed by atoms with Gasteiger partial charge in [-0.2, -0.15) is 0 Å². The van der Waals surface area contributed by atoms with Gasteiger partial charge in [-0.25, -0.2) is 4.39 Å². The first-order valence-corrected chi connectivity index (χ1v) is 6.85. The number of nitrogens with two attached hydrogens (primary N) is 1. The van der Waals surface area contributed by atoms with Crippen LogP contribution in [0.25, 0.3) is 0 Å². The number of benzene rings is 1. The van der Waals surface area contributed by atoms with Crippen LogP contribution in [0.2, 0.25) is 0 Å². The molecule has 0 spiro atoms. The first-order chi connectivity index (χ1) is 9.17. The second kappa shape index (κ2) is 6.65. The lowest BCUT2D eigenvalue weighted by Crippen LogP contribution is -2.38. The number of aromatic nitrogens is 3. The van der Waals surface area contributed by atoms with Crippen LogP contribution in [0.4, 0.5) is 4.39 Å². The van der Waals surface area contributed by atoms with Crippen molar-refractivity contribution in [3.05, 3.63) is 42.0 Å². The van der Waals surface area contributed by atoms with Crippen molar-refractivity contribution in [2.45, 2.75) is 17.4 Å². The van der Waals surface area contributed by atoms with Crippen molar-refractivity contribution in [3.8, 4) is 0 Å². The number of nitrogens with one attached hydrogen (secondary N) is 1. The van der Waals surface area contributed by atoms with Gasteiger partial charge in [0.05, 0.1) is 5.69 Å². The molecule has 0 aliphatic carbocycles. The molecule has 5 nitrogen and oxygen atoms in total. The molecule has 0 amide bonds. The predicted molar refractivity (Wildman–Crippen MR) is 72.9 cm³/mol. The highest BCUT2D eigenvalue weighted by Gasteiger charge is 2.11. The minimum absolute atomic E-state index is 0.0602. The monoisotopic (exact) mass is 281 g/mol. The fourth-order valence-corrected chi connectivity index (χ4v) is 2.64. The van der Waals surface area contributed by atoms with Gasteiger partial charge < -0.3 is 0 Å². The molecule has 0 aliphatic heterocycles. The number of hydrogen-bond donors (Lipinski definition) is 2. The van der Waals surface area contributed by atoms with Gasteiger partial charge >= 0.3 is 0 Å². The summed E-state index contributed by atoms with van der Waals surface area (Å²) in [5.41, 5.74) is 3.63. The van der Waals surface area contributed by atoms with E-state index in [-0.39, 0.29) is 11.9 Å². The highest BCUT2D eigenvalue weighted by atomic mass is 32.2. The summed E-state index contributed by atoms with van der Waals surface area (Å²) in [6.07, 6.45) is 2.55. The van der Waals surface area contributed by atoms with Crippen LogP contribution in [0.5, 0.6) is 0 Å². The van der Waals surface area contributed by atoms with Crippen LogP contribution in [-0.2, 0) is 13.5 Å². The summed E-state index contributed by atoms with van der Waals surface area (Å²) in [7, 11) is 1.82. The molecule has 0 aliphatic rings. The zero-order valence-corrected chi connectivity index (χ0v) is 11.4. The predicted octanol–water partition coefficient (Wildman–Crippen LogP) is 1.12. The Labute approximate surface area is 115 Å². The number of nitrogens with zero attached hydrogens (tertiary/aromatic N) is 3. The number of thioether (sulfide) groups is 1. The maximum Gasteiger partial charge on any atom is 0.124 e. The van der Waals surface area contributed by atoms with Crippen LogP contribution in [0.15, 0.2) is 35.4 Å². The number of halogens is 1. The van der Waals surface area contributed by atoms with Gasteiger partial charge in [0.25, 0.3) is 0 Å². The largest absolute Gasteiger partial charge is 0.271 e. The zero-order valence-electron chi connectivity index (χ0n) is 10.6. The second-order valence-electron chi connectivity index (χ2n) is 4.22. The summed E-state index contributed by atoms with van der Waals surface area (Å²) in [5, 5.41) is 7.90. The lowest BCUT2D eigenvalue weighted by atomic mass is 10.2. The van der Waals surface area contributed by atoms with Crippen molar-refractivity contribution < 1.29 is 4.39 Å². The minimum atomic E-state index is -0.226. The molecule has 1 aromatic carbocycles. The smallest absolute Gasteiger partial charge is 0.124 e. The van der Waals surface area contributed by atoms with Crippen LogP contribution < -0.4 is 11.3 Å². The summed E-state index contributed by atoms with van der Waals surface area (Å²) >= 11 is 1.56. The van der Waals surface area contributed by atoms with E-state index >= 15 is 0 Å². The zero-order chi connectivity index (χ0) is 13.7. The molecule has 1 heterocycles. The fraction of sp³-hybridized carbons (Fsp3) is 0.333. The van der Waals surface area contributed by atoms with Crippen molar-refractivity contribution in [2.75, 3.05) is 5.75 Å². The SMILES string of the molecule is Cn1cc(CC(CSc2cccc(F)c2)NN)nn1. The summed E-state index contributed by atoms with van der Waals surface area (Å²) in [4.78, 5) is 0.888. The van der Waals surface area contributed by atoms with Gasteiger partial charge in [0.15, 0.2) is 0 Å². The third kappa shape index (κ3) is 4.30. The standard InChI is InChI=1S/C12H16FN5S/c1-18-7-10(16-17-18)6-11(15-14)8-19-12-4-2-3-9(13)5-12/h2-5,7,11,15H,6,8,14H2,1H3. The van der Waals surface area contributed by atoms with E-state index in [4.69, 9.17) is 5.84 Å². The van der Waals surface area contributed by atoms with Crippen LogP contribution >= 0.6 is 11.8 Å². The Morgan fingerprint density at radius 2 is 2.37 bits per heavy atom. The Hall–Kier alpha value is -1.44. The van der Waals surface area contributed by atoms with Crippen LogP contribution in [-0.4, -0.2) is 26.8 Å². The van der Waals surface area contributed by atoms with Gasteiger partial charge in [0.2, 0.25) is 0 Å². The quantitative estimate of drug-likeness (QED) is 0.472. The number of rotatable bonds is 6. The molecule has 0 saturated carbocycles. The normalized spacial score (nSPS) is 12.6. The van der Waals surface area contributed by atoms with Gasteiger partial charge in [-0.05, 0) is 18.2 Å². The van der Waals surface area contributed by atoms with E-state index in [0.29, 0.717) is 6.42 Å². The third-order valence-corrected chi connectivity index (χ3v) is 3.74. The molecule has 0 radical (unpaired) electrons. The fourth-order valence-electron chi connectivity index (χ4n) is 1.66. The van der Waals surface area contributed by atoms with Crippen LogP contribution in [0.1, 0.15) is 5.69 Å². The average Bonchev–Trinajstić information content (AvgIpc) is 2.80. The van der Waals surface area contributed by atoms with E-state index in [1.165, 1.54) is 12.1 Å². The van der Waals surface area contributed by atoms with E-state index < -0.39 is 0 Å². The number of hydrazine groups is 1. The molecule has 19 heavy (non-hydrogen) atoms. The van der Waals surface area contributed by atoms with Crippen LogP contribution in [0, 0.1) is 5.82 Å². The molecule has 2 aromatic rings. The Morgan fingerprint density at radius 1 is 1.53 bits per heavy atom. The first kappa shape index (κ1) is 14.0. The molecule has 1 aromatic heterocycles. The molecule has 1 atom stereocenters. The summed E-state index contributed by atoms with van der Waals surface area (Å²) in [6.45, 7) is 0. The van der Waals surface area contributed by atoms with Gasteiger partial charge in [-0.3, -0.25) is 16.0 Å². The number of aryl methyl sites for hydroxylation is 1. The van der Waals surface area contributed by atoms with Gasteiger partial charge in [0.1, 0.15) is 5.82 Å². The van der Waals surface area contributed by atoms with E-state index in [1.807, 2.05) is 19.3 Å². The molecule has 7 heteroatoms. The second-order valence-corrected chi connectivity index (χ2v) is 5.31. The van der Waals surface area contributed by atoms with Crippen molar-refractivity contribution >= 4 is 11.8 Å². The highest BCUT2D eigenvalue weighted by Crippen LogP contribution is 2.20. The van der Waals surface area contributed by atoms with Crippen molar-refractivity contribution in [1.82, 2.24) is 20.4 Å². The maximum atomic E-state index is 13.0. The van der Waals surface area contributed by atoms with Crippen molar-refractivity contribution in [3.63, 3.8) is 0 Å². The molecular formula is C12H16FN5S. The van der Waals surface area contributed by atoms with Gasteiger partial charge in [-0.1, -0.05) is 11.3 Å². The first-order valence-electron chi connectivity index (χ1n) is 5.87. The Kier molecular flexibility index (Phi) is 4.89. The van der Waals surface area contributed by atoms with E-state index in [0.717, 1.165) is 16.3 Å². The average molecular weight is 281 g/mol. The summed E-state index contributed by atoms with van der Waals surface area (Å²) in [6, 6.07) is 6.59. The van der Waals surface area contributed by atoms with E-state index in [9.17, 15) is 4.39 Å². The molecule has 3 N–H and O–H groups in total. The summed E-state index contributed by atoms with van der Waals surface area (Å²) in [5.74, 6) is 6.04. The topological polar surface area (TPSA) is 68.8 Å². The molecule has 0 fully saturated rings. The lowest BCUT2D eigenvalue weighted by molar-refractivity contribution is 0.568. The molecule has 1 unspecified atom stereocenters. The van der Waals surface area contributed by atoms with E-state index in [2.05, 4.69) is 15.7 Å².